The van der Waals surface area contributed by atoms with Crippen LogP contribution >= 0.6 is 27.3 Å². The van der Waals surface area contributed by atoms with Gasteiger partial charge in [-0.25, -0.2) is 4.39 Å². The Morgan fingerprint density at radius 3 is 2.81 bits per heavy atom. The molecule has 1 heterocycles. The Morgan fingerprint density at radius 1 is 1.38 bits per heavy atom. The van der Waals surface area contributed by atoms with Crippen LogP contribution in [0.3, 0.4) is 0 Å². The molecule has 16 heavy (non-hydrogen) atoms. The van der Waals surface area contributed by atoms with Crippen LogP contribution in [0, 0.1) is 5.82 Å². The van der Waals surface area contributed by atoms with Crippen molar-refractivity contribution in [1.82, 2.24) is 0 Å². The van der Waals surface area contributed by atoms with Crippen LogP contribution in [0.25, 0.3) is 0 Å². The zero-order valence-electron chi connectivity index (χ0n) is 8.36. The summed E-state index contributed by atoms with van der Waals surface area (Å²) in [5, 5.41) is 13.8. The van der Waals surface area contributed by atoms with Crippen molar-refractivity contribution in [1.29, 1.82) is 0 Å². The Kier molecular flexibility index (Phi) is 3.74. The summed E-state index contributed by atoms with van der Waals surface area (Å²) < 4.78 is 13.4. The van der Waals surface area contributed by atoms with E-state index in [9.17, 15) is 9.50 Å². The van der Waals surface area contributed by atoms with Gasteiger partial charge in [0.05, 0.1) is 10.6 Å². The molecule has 0 radical (unpaired) electrons. The van der Waals surface area contributed by atoms with E-state index in [2.05, 4.69) is 15.9 Å². The van der Waals surface area contributed by atoms with Crippen molar-refractivity contribution in [2.24, 2.45) is 0 Å². The fourth-order valence-corrected chi connectivity index (χ4v) is 2.61. The average Bonchev–Trinajstić information content (AvgIpc) is 2.77. The second kappa shape index (κ2) is 5.08. The number of aliphatic hydroxyl groups is 1. The van der Waals surface area contributed by atoms with Crippen molar-refractivity contribution in [3.8, 4) is 0 Å². The molecule has 0 aliphatic heterocycles. The molecular weight excluding hydrogens is 291 g/mol. The van der Waals surface area contributed by atoms with Crippen LogP contribution in [0.4, 0.5) is 4.39 Å². The standard InChI is InChI=1S/C12H10BrFOS/c13-10-5-8(1-2-11(10)14)6-12(15)9-3-4-16-7-9/h1-5,7,12,15H,6H2. The number of benzene rings is 1. The van der Waals surface area contributed by atoms with Crippen LogP contribution in [-0.2, 0) is 6.42 Å². The van der Waals surface area contributed by atoms with E-state index < -0.39 is 6.10 Å². The second-order valence-corrected chi connectivity index (χ2v) is 5.16. The molecular formula is C12H10BrFOS. The molecule has 0 fully saturated rings. The Hall–Kier alpha value is -0.710. The summed E-state index contributed by atoms with van der Waals surface area (Å²) in [4.78, 5) is 0. The van der Waals surface area contributed by atoms with Crippen LogP contribution in [0.15, 0.2) is 39.5 Å². The third kappa shape index (κ3) is 2.70. The maximum Gasteiger partial charge on any atom is 0.137 e. The van der Waals surface area contributed by atoms with Gasteiger partial charge in [0, 0.05) is 6.42 Å². The summed E-state index contributed by atoms with van der Waals surface area (Å²) >= 11 is 4.68. The molecule has 2 rings (SSSR count). The van der Waals surface area contributed by atoms with E-state index in [1.807, 2.05) is 16.8 Å². The normalized spacial score (nSPS) is 12.7. The predicted molar refractivity (Wildman–Crippen MR) is 67.1 cm³/mol. The Bertz CT molecular complexity index is 470. The van der Waals surface area contributed by atoms with Crippen molar-refractivity contribution in [2.45, 2.75) is 12.5 Å². The largest absolute Gasteiger partial charge is 0.388 e. The van der Waals surface area contributed by atoms with E-state index in [4.69, 9.17) is 0 Å². The molecule has 0 bridgehead atoms. The number of hydrogen-bond acceptors (Lipinski definition) is 2. The van der Waals surface area contributed by atoms with Gasteiger partial charge in [-0.15, -0.1) is 0 Å². The summed E-state index contributed by atoms with van der Waals surface area (Å²) in [5.41, 5.74) is 1.82. The molecule has 1 aromatic heterocycles. The van der Waals surface area contributed by atoms with E-state index in [0.29, 0.717) is 10.9 Å². The summed E-state index contributed by atoms with van der Waals surface area (Å²) in [7, 11) is 0. The lowest BCUT2D eigenvalue weighted by Gasteiger charge is -2.09. The lowest BCUT2D eigenvalue weighted by Crippen LogP contribution is -2.00. The molecule has 0 saturated carbocycles. The highest BCUT2D eigenvalue weighted by atomic mass is 79.9. The Morgan fingerprint density at radius 2 is 2.19 bits per heavy atom. The van der Waals surface area contributed by atoms with Crippen molar-refractivity contribution in [2.75, 3.05) is 0 Å². The maximum absolute atomic E-state index is 13.0. The highest BCUT2D eigenvalue weighted by Crippen LogP contribution is 2.23. The first-order valence-corrected chi connectivity index (χ1v) is 6.54. The minimum absolute atomic E-state index is 0.284. The first kappa shape index (κ1) is 11.8. The predicted octanol–water partition coefficient (Wildman–Crippen LogP) is 3.93. The van der Waals surface area contributed by atoms with Gasteiger partial charge in [-0.3, -0.25) is 0 Å². The Labute approximate surface area is 106 Å². The van der Waals surface area contributed by atoms with Crippen molar-refractivity contribution in [3.05, 3.63) is 56.4 Å². The van der Waals surface area contributed by atoms with Crippen molar-refractivity contribution in [3.63, 3.8) is 0 Å². The molecule has 0 spiro atoms. The summed E-state index contributed by atoms with van der Waals surface area (Å²) in [6.07, 6.45) is -0.0288. The molecule has 0 aliphatic carbocycles. The van der Waals surface area contributed by atoms with Gasteiger partial charge in [-0.05, 0) is 56.0 Å². The van der Waals surface area contributed by atoms with Crippen molar-refractivity contribution >= 4 is 27.3 Å². The fraction of sp³-hybridized carbons (Fsp3) is 0.167. The molecule has 4 heteroatoms. The smallest absolute Gasteiger partial charge is 0.137 e. The summed E-state index contributed by atoms with van der Waals surface area (Å²) in [6, 6.07) is 6.69. The van der Waals surface area contributed by atoms with Crippen LogP contribution in [0.2, 0.25) is 0 Å². The molecule has 1 atom stereocenters. The highest BCUT2D eigenvalue weighted by Gasteiger charge is 2.10. The van der Waals surface area contributed by atoms with Gasteiger partial charge in [0.1, 0.15) is 5.82 Å². The molecule has 1 N–H and O–H groups in total. The number of halogens is 2. The van der Waals surface area contributed by atoms with Gasteiger partial charge < -0.3 is 5.11 Å². The number of hydrogen-bond donors (Lipinski definition) is 1. The van der Waals surface area contributed by atoms with E-state index in [-0.39, 0.29) is 5.82 Å². The van der Waals surface area contributed by atoms with E-state index in [0.717, 1.165) is 11.1 Å². The van der Waals surface area contributed by atoms with Crippen LogP contribution in [-0.4, -0.2) is 5.11 Å². The lowest BCUT2D eigenvalue weighted by molar-refractivity contribution is 0.179. The molecule has 1 nitrogen and oxygen atoms in total. The average molecular weight is 301 g/mol. The SMILES string of the molecule is OC(Cc1ccc(F)c(Br)c1)c1ccsc1. The zero-order chi connectivity index (χ0) is 11.5. The van der Waals surface area contributed by atoms with Crippen LogP contribution in [0.5, 0.6) is 0 Å². The maximum atomic E-state index is 13.0. The lowest BCUT2D eigenvalue weighted by atomic mass is 10.0. The van der Waals surface area contributed by atoms with Gasteiger partial charge in [0.15, 0.2) is 0 Å². The van der Waals surface area contributed by atoms with E-state index in [1.54, 1.807) is 23.5 Å². The van der Waals surface area contributed by atoms with E-state index >= 15 is 0 Å². The fourth-order valence-electron chi connectivity index (χ4n) is 1.47. The number of thiophene rings is 1. The number of rotatable bonds is 3. The first-order chi connectivity index (χ1) is 7.66. The minimum atomic E-state index is -0.524. The minimum Gasteiger partial charge on any atom is -0.388 e. The second-order valence-electron chi connectivity index (χ2n) is 3.53. The first-order valence-electron chi connectivity index (χ1n) is 4.81. The quantitative estimate of drug-likeness (QED) is 0.911. The molecule has 0 aliphatic rings. The van der Waals surface area contributed by atoms with Gasteiger partial charge in [0.2, 0.25) is 0 Å². The third-order valence-corrected chi connectivity index (χ3v) is 3.65. The molecule has 2 aromatic rings. The molecule has 1 aromatic carbocycles. The van der Waals surface area contributed by atoms with Crippen molar-refractivity contribution < 1.29 is 9.50 Å². The topological polar surface area (TPSA) is 20.2 Å². The zero-order valence-corrected chi connectivity index (χ0v) is 10.8. The number of aliphatic hydroxyl groups excluding tert-OH is 1. The molecule has 84 valence electrons. The molecule has 1 unspecified atom stereocenters. The van der Waals surface area contributed by atoms with Gasteiger partial charge >= 0.3 is 0 Å². The van der Waals surface area contributed by atoms with Gasteiger partial charge in [0.25, 0.3) is 0 Å². The molecule has 0 saturated heterocycles. The van der Waals surface area contributed by atoms with Gasteiger partial charge in [-0.1, -0.05) is 6.07 Å². The Balaban J connectivity index is 2.12. The summed E-state index contributed by atoms with van der Waals surface area (Å²) in [5.74, 6) is -0.284. The highest BCUT2D eigenvalue weighted by molar-refractivity contribution is 9.10. The van der Waals surface area contributed by atoms with Crippen LogP contribution < -0.4 is 0 Å². The monoisotopic (exact) mass is 300 g/mol. The molecule has 0 amide bonds. The van der Waals surface area contributed by atoms with Crippen LogP contribution in [0.1, 0.15) is 17.2 Å². The van der Waals surface area contributed by atoms with Gasteiger partial charge in [-0.2, -0.15) is 11.3 Å². The third-order valence-electron chi connectivity index (χ3n) is 2.34. The van der Waals surface area contributed by atoms with E-state index in [1.165, 1.54) is 6.07 Å². The summed E-state index contributed by atoms with van der Waals surface area (Å²) in [6.45, 7) is 0.